The van der Waals surface area contributed by atoms with Crippen LogP contribution in [0, 0.1) is 5.92 Å². The number of likely N-dealkylation sites (tertiary alicyclic amines) is 1. The highest BCUT2D eigenvalue weighted by Crippen LogP contribution is 2.27. The minimum Gasteiger partial charge on any atom is -0.488 e. The summed E-state index contributed by atoms with van der Waals surface area (Å²) in [5, 5.41) is 5.63. The van der Waals surface area contributed by atoms with E-state index in [-0.39, 0.29) is 11.8 Å². The third kappa shape index (κ3) is 5.60. The number of hydrogen-bond acceptors (Lipinski definition) is 5. The molecule has 8 nitrogen and oxygen atoms in total. The number of fused-ring (bicyclic) bond motifs is 7. The van der Waals surface area contributed by atoms with Gasteiger partial charge in [0.2, 0.25) is 11.8 Å². The van der Waals surface area contributed by atoms with E-state index in [0.29, 0.717) is 25.1 Å². The number of benzene rings is 1. The Morgan fingerprint density at radius 2 is 1.91 bits per heavy atom. The van der Waals surface area contributed by atoms with Gasteiger partial charge in [-0.2, -0.15) is 0 Å². The number of nitrogens with one attached hydrogen (secondary N) is 2. The van der Waals surface area contributed by atoms with Crippen LogP contribution >= 0.6 is 0 Å². The molecule has 0 aromatic heterocycles. The van der Waals surface area contributed by atoms with Crippen LogP contribution in [0.1, 0.15) is 53.0 Å². The highest BCUT2D eigenvalue weighted by atomic mass is 16.6. The summed E-state index contributed by atoms with van der Waals surface area (Å²) >= 11 is 0. The van der Waals surface area contributed by atoms with Gasteiger partial charge in [-0.1, -0.05) is 32.4 Å². The van der Waals surface area contributed by atoms with Crippen LogP contribution in [0.4, 0.5) is 4.79 Å². The third-order valence-corrected chi connectivity index (χ3v) is 5.70. The fourth-order valence-corrected chi connectivity index (χ4v) is 3.81. The Kier molecular flexibility index (Phi) is 7.11. The van der Waals surface area contributed by atoms with Crippen molar-refractivity contribution in [2.45, 2.75) is 71.2 Å². The molecule has 4 rings (SSSR count). The molecule has 3 amide bonds. The van der Waals surface area contributed by atoms with Crippen molar-refractivity contribution in [1.29, 1.82) is 0 Å². The monoisotopic (exact) mass is 443 g/mol. The molecule has 0 saturated carbocycles. The minimum absolute atomic E-state index is 0.103. The van der Waals surface area contributed by atoms with Crippen molar-refractivity contribution >= 4 is 24.0 Å². The fraction of sp³-hybridized carbons (Fsp3) is 0.542. The molecule has 32 heavy (non-hydrogen) atoms. The predicted molar refractivity (Wildman–Crippen MR) is 121 cm³/mol. The Balaban J connectivity index is 1.96. The zero-order valence-corrected chi connectivity index (χ0v) is 19.4. The van der Waals surface area contributed by atoms with Gasteiger partial charge in [0.25, 0.3) is 0 Å². The largest absolute Gasteiger partial charge is 0.488 e. The third-order valence-electron chi connectivity index (χ3n) is 5.70. The number of ether oxygens (including phenoxy) is 2. The molecule has 1 fully saturated rings. The Hall–Kier alpha value is -3.03. The first-order chi connectivity index (χ1) is 15.1. The zero-order valence-electron chi connectivity index (χ0n) is 19.4. The maximum atomic E-state index is 13.4. The predicted octanol–water partition coefficient (Wildman–Crippen LogP) is 3.07. The lowest BCUT2D eigenvalue weighted by molar-refractivity contribution is -0.133. The Bertz CT molecular complexity index is 875. The lowest BCUT2D eigenvalue weighted by Gasteiger charge is -2.32. The molecule has 8 heteroatoms. The van der Waals surface area contributed by atoms with Gasteiger partial charge in [0.15, 0.2) is 6.04 Å². The quantitative estimate of drug-likeness (QED) is 0.732. The van der Waals surface area contributed by atoms with Crippen molar-refractivity contribution in [2.75, 3.05) is 6.54 Å². The van der Waals surface area contributed by atoms with Crippen LogP contribution in [-0.4, -0.2) is 53.1 Å². The van der Waals surface area contributed by atoms with Crippen molar-refractivity contribution in [1.82, 2.24) is 15.5 Å². The Morgan fingerprint density at radius 1 is 1.22 bits per heavy atom. The molecule has 2 bridgehead atoms. The molecule has 1 saturated heterocycles. The first kappa shape index (κ1) is 23.6. The SMILES string of the molecule is CCC(C)[C@@H]1NC(=O)[C@@H]2[C@H](CCN2C(=O)OC(C)(C)C)Oc2ccc(cc2)/C=C\NC1=O. The lowest BCUT2D eigenvalue weighted by Crippen LogP contribution is -2.58. The van der Waals surface area contributed by atoms with E-state index in [1.165, 1.54) is 4.90 Å². The summed E-state index contributed by atoms with van der Waals surface area (Å²) in [6.45, 7) is 9.52. The van der Waals surface area contributed by atoms with Gasteiger partial charge < -0.3 is 20.1 Å². The van der Waals surface area contributed by atoms with Crippen LogP contribution in [-0.2, 0) is 14.3 Å². The van der Waals surface area contributed by atoms with Crippen LogP contribution < -0.4 is 15.4 Å². The van der Waals surface area contributed by atoms with Crippen molar-refractivity contribution in [3.05, 3.63) is 36.0 Å². The molecule has 3 aliphatic heterocycles. The van der Waals surface area contributed by atoms with Gasteiger partial charge in [-0.3, -0.25) is 14.5 Å². The summed E-state index contributed by atoms with van der Waals surface area (Å²) < 4.78 is 11.7. The van der Waals surface area contributed by atoms with Gasteiger partial charge in [-0.05, 0) is 50.5 Å². The first-order valence-corrected chi connectivity index (χ1v) is 11.1. The Morgan fingerprint density at radius 3 is 2.53 bits per heavy atom. The number of amides is 3. The molecule has 3 aliphatic rings. The molecule has 4 atom stereocenters. The highest BCUT2D eigenvalue weighted by molar-refractivity contribution is 5.92. The number of carbonyl (C=O) groups is 3. The lowest BCUT2D eigenvalue weighted by atomic mass is 9.97. The van der Waals surface area contributed by atoms with E-state index in [4.69, 9.17) is 9.47 Å². The number of rotatable bonds is 2. The second kappa shape index (κ2) is 9.63. The molecular weight excluding hydrogens is 410 g/mol. The van der Waals surface area contributed by atoms with Crippen LogP contribution in [0.3, 0.4) is 0 Å². The standard InChI is InChI=1S/C24H33N3O5/c1-6-15(2)19-21(28)25-13-11-16-7-9-17(10-8-16)31-18-12-14-27(20(18)22(29)26-19)23(30)32-24(3,4)5/h7-11,13,15,18-20H,6,12,14H2,1-5H3,(H,25,28)(H,26,29)/b13-11-/t15?,18-,19-,20-/m0/s1. The second-order valence-electron chi connectivity index (χ2n) is 9.35. The maximum Gasteiger partial charge on any atom is 0.411 e. The van der Waals surface area contributed by atoms with E-state index in [1.807, 2.05) is 26.0 Å². The van der Waals surface area contributed by atoms with E-state index in [1.54, 1.807) is 45.2 Å². The molecule has 3 heterocycles. The van der Waals surface area contributed by atoms with E-state index in [0.717, 1.165) is 5.56 Å². The molecule has 174 valence electrons. The van der Waals surface area contributed by atoms with Crippen LogP contribution in [0.15, 0.2) is 30.5 Å². The van der Waals surface area contributed by atoms with E-state index in [2.05, 4.69) is 10.6 Å². The number of hydrogen-bond donors (Lipinski definition) is 2. The summed E-state index contributed by atoms with van der Waals surface area (Å²) in [7, 11) is 0. The molecule has 1 aromatic rings. The van der Waals surface area contributed by atoms with E-state index >= 15 is 0 Å². The van der Waals surface area contributed by atoms with Crippen molar-refractivity contribution in [2.24, 2.45) is 5.92 Å². The summed E-state index contributed by atoms with van der Waals surface area (Å²) in [6.07, 6.45) is 3.38. The second-order valence-corrected chi connectivity index (χ2v) is 9.35. The highest BCUT2D eigenvalue weighted by Gasteiger charge is 2.46. The first-order valence-electron chi connectivity index (χ1n) is 11.1. The van der Waals surface area contributed by atoms with Gasteiger partial charge in [0.05, 0.1) is 0 Å². The molecule has 2 N–H and O–H groups in total. The smallest absolute Gasteiger partial charge is 0.411 e. The fourth-order valence-electron chi connectivity index (χ4n) is 3.81. The molecule has 0 radical (unpaired) electrons. The number of carbonyl (C=O) groups excluding carboxylic acids is 3. The van der Waals surface area contributed by atoms with E-state index < -0.39 is 35.8 Å². The van der Waals surface area contributed by atoms with Crippen LogP contribution in [0.5, 0.6) is 5.75 Å². The van der Waals surface area contributed by atoms with Gasteiger partial charge >= 0.3 is 6.09 Å². The van der Waals surface area contributed by atoms with Crippen molar-refractivity contribution in [3.63, 3.8) is 0 Å². The molecule has 0 aliphatic carbocycles. The molecule has 1 aromatic carbocycles. The average Bonchev–Trinajstić information content (AvgIpc) is 3.14. The maximum absolute atomic E-state index is 13.4. The van der Waals surface area contributed by atoms with Crippen molar-refractivity contribution in [3.8, 4) is 5.75 Å². The summed E-state index contributed by atoms with van der Waals surface area (Å²) in [5.41, 5.74) is 0.201. The normalized spacial score (nSPS) is 25.7. The van der Waals surface area contributed by atoms with Gasteiger partial charge in [0.1, 0.15) is 23.5 Å². The zero-order chi connectivity index (χ0) is 23.5. The van der Waals surface area contributed by atoms with Crippen molar-refractivity contribution < 1.29 is 23.9 Å². The van der Waals surface area contributed by atoms with Crippen LogP contribution in [0.25, 0.3) is 6.08 Å². The minimum atomic E-state index is -0.914. The van der Waals surface area contributed by atoms with Crippen LogP contribution in [0.2, 0.25) is 0 Å². The summed E-state index contributed by atoms with van der Waals surface area (Å²) in [4.78, 5) is 40.6. The summed E-state index contributed by atoms with van der Waals surface area (Å²) in [5.74, 6) is -0.238. The van der Waals surface area contributed by atoms with E-state index in [9.17, 15) is 14.4 Å². The molecule has 0 spiro atoms. The number of nitrogens with zero attached hydrogens (tertiary/aromatic N) is 1. The molecule has 1 unspecified atom stereocenters. The van der Waals surface area contributed by atoms with Gasteiger partial charge in [-0.25, -0.2) is 4.79 Å². The average molecular weight is 444 g/mol. The summed E-state index contributed by atoms with van der Waals surface area (Å²) in [6, 6.07) is 5.68. The van der Waals surface area contributed by atoms with Gasteiger partial charge in [-0.15, -0.1) is 0 Å². The Labute approximate surface area is 189 Å². The van der Waals surface area contributed by atoms with Gasteiger partial charge in [0, 0.05) is 19.2 Å². The molecular formula is C24H33N3O5. The topological polar surface area (TPSA) is 97.0 Å².